The zero-order valence-corrected chi connectivity index (χ0v) is 12.7. The van der Waals surface area contributed by atoms with Crippen LogP contribution in [0.1, 0.15) is 31.8 Å². The van der Waals surface area contributed by atoms with E-state index in [9.17, 15) is 0 Å². The van der Waals surface area contributed by atoms with Gasteiger partial charge in [-0.1, -0.05) is 32.9 Å². The molecule has 1 rings (SSSR count). The Hall–Kier alpha value is -0.383. The van der Waals surface area contributed by atoms with Crippen LogP contribution in [0.4, 0.5) is 0 Å². The van der Waals surface area contributed by atoms with Crippen LogP contribution in [-0.4, -0.2) is 8.32 Å². The summed E-state index contributed by atoms with van der Waals surface area (Å²) >= 11 is 1.73. The van der Waals surface area contributed by atoms with Crippen molar-refractivity contribution in [1.82, 2.24) is 0 Å². The van der Waals surface area contributed by atoms with Crippen molar-refractivity contribution < 1.29 is 4.43 Å². The van der Waals surface area contributed by atoms with Crippen molar-refractivity contribution in [2.24, 2.45) is 0 Å². The lowest BCUT2D eigenvalue weighted by molar-refractivity contribution is 0.233. The standard InChI is InChI=1S/C13H22OSSi/c1-7-11(12-9-8-10-15-12)14-16(5,6)13(2,3)4/h7-11H,1H2,2-6H3/t11-/m0/s1. The van der Waals surface area contributed by atoms with Crippen LogP contribution in [0, 0.1) is 0 Å². The summed E-state index contributed by atoms with van der Waals surface area (Å²) in [6, 6.07) is 4.18. The lowest BCUT2D eigenvalue weighted by atomic mass is 10.2. The van der Waals surface area contributed by atoms with E-state index in [4.69, 9.17) is 4.43 Å². The van der Waals surface area contributed by atoms with Gasteiger partial charge in [-0.25, -0.2) is 0 Å². The Morgan fingerprint density at radius 3 is 2.44 bits per heavy atom. The molecule has 0 saturated carbocycles. The van der Waals surface area contributed by atoms with Crippen molar-refractivity contribution in [1.29, 1.82) is 0 Å². The van der Waals surface area contributed by atoms with E-state index < -0.39 is 8.32 Å². The molecule has 0 N–H and O–H groups in total. The Morgan fingerprint density at radius 1 is 1.44 bits per heavy atom. The summed E-state index contributed by atoms with van der Waals surface area (Å²) in [5.41, 5.74) is 0. The van der Waals surface area contributed by atoms with Gasteiger partial charge in [-0.3, -0.25) is 0 Å². The Labute approximate surface area is 104 Å². The quantitative estimate of drug-likeness (QED) is 0.543. The van der Waals surface area contributed by atoms with Crippen LogP contribution in [0.15, 0.2) is 30.2 Å². The summed E-state index contributed by atoms with van der Waals surface area (Å²) in [4.78, 5) is 1.25. The van der Waals surface area contributed by atoms with Crippen LogP contribution in [-0.2, 0) is 4.43 Å². The second-order valence-corrected chi connectivity index (χ2v) is 11.3. The summed E-state index contributed by atoms with van der Waals surface area (Å²) in [7, 11) is -1.71. The molecule has 3 heteroatoms. The van der Waals surface area contributed by atoms with Gasteiger partial charge in [-0.2, -0.15) is 0 Å². The van der Waals surface area contributed by atoms with Crippen molar-refractivity contribution >= 4 is 19.7 Å². The topological polar surface area (TPSA) is 9.23 Å². The first-order valence-corrected chi connectivity index (χ1v) is 9.40. The third-order valence-corrected chi connectivity index (χ3v) is 8.65. The predicted molar refractivity (Wildman–Crippen MR) is 75.5 cm³/mol. The van der Waals surface area contributed by atoms with E-state index in [0.717, 1.165) is 0 Å². The first-order valence-electron chi connectivity index (χ1n) is 5.62. The molecule has 1 aromatic heterocycles. The molecule has 0 amide bonds. The van der Waals surface area contributed by atoms with Gasteiger partial charge in [0.2, 0.25) is 0 Å². The average molecular weight is 254 g/mol. The molecule has 1 atom stereocenters. The molecule has 0 radical (unpaired) electrons. The second-order valence-electron chi connectivity index (χ2n) is 5.55. The van der Waals surface area contributed by atoms with Crippen molar-refractivity contribution in [2.75, 3.05) is 0 Å². The predicted octanol–water partition coefficient (Wildman–Crippen LogP) is 5.00. The number of hydrogen-bond donors (Lipinski definition) is 0. The lowest BCUT2D eigenvalue weighted by Crippen LogP contribution is -2.41. The monoisotopic (exact) mass is 254 g/mol. The van der Waals surface area contributed by atoms with E-state index in [1.54, 1.807) is 11.3 Å². The van der Waals surface area contributed by atoms with Crippen molar-refractivity contribution in [3.63, 3.8) is 0 Å². The maximum Gasteiger partial charge on any atom is 0.193 e. The molecule has 0 aliphatic heterocycles. The molecule has 0 fully saturated rings. The van der Waals surface area contributed by atoms with Crippen LogP contribution < -0.4 is 0 Å². The molecular weight excluding hydrogens is 232 g/mol. The van der Waals surface area contributed by atoms with Crippen molar-refractivity contribution in [2.45, 2.75) is 45.0 Å². The highest BCUT2D eigenvalue weighted by Crippen LogP contribution is 2.40. The molecule has 1 aromatic rings. The minimum Gasteiger partial charge on any atom is -0.406 e. The van der Waals surface area contributed by atoms with E-state index in [1.807, 2.05) is 6.08 Å². The van der Waals surface area contributed by atoms with E-state index in [0.29, 0.717) is 0 Å². The fourth-order valence-corrected chi connectivity index (χ4v) is 3.22. The zero-order valence-electron chi connectivity index (χ0n) is 10.9. The van der Waals surface area contributed by atoms with Gasteiger partial charge in [0.05, 0.1) is 6.10 Å². The Morgan fingerprint density at radius 2 is 2.06 bits per heavy atom. The molecule has 0 aromatic carbocycles. The highest BCUT2D eigenvalue weighted by Gasteiger charge is 2.39. The number of thiophene rings is 1. The van der Waals surface area contributed by atoms with Crippen molar-refractivity contribution in [3.8, 4) is 0 Å². The molecule has 0 unspecified atom stereocenters. The largest absolute Gasteiger partial charge is 0.406 e. The van der Waals surface area contributed by atoms with Crippen LogP contribution in [0.25, 0.3) is 0 Å². The number of hydrogen-bond acceptors (Lipinski definition) is 2. The molecule has 0 saturated heterocycles. The number of rotatable bonds is 4. The first-order chi connectivity index (χ1) is 7.28. The Balaban J connectivity index is 2.83. The fourth-order valence-electron chi connectivity index (χ4n) is 1.17. The molecule has 90 valence electrons. The van der Waals surface area contributed by atoms with Gasteiger partial charge in [-0.15, -0.1) is 17.9 Å². The van der Waals surface area contributed by atoms with Gasteiger partial charge in [-0.05, 0) is 29.6 Å². The summed E-state index contributed by atoms with van der Waals surface area (Å²) in [5, 5.41) is 2.33. The molecule has 0 bridgehead atoms. The minimum atomic E-state index is -1.71. The minimum absolute atomic E-state index is 0.0564. The maximum absolute atomic E-state index is 6.33. The van der Waals surface area contributed by atoms with Gasteiger partial charge in [0, 0.05) is 4.88 Å². The van der Waals surface area contributed by atoms with Gasteiger partial charge < -0.3 is 4.43 Å². The average Bonchev–Trinajstić information content (AvgIpc) is 2.65. The summed E-state index contributed by atoms with van der Waals surface area (Å²) in [6.45, 7) is 15.2. The second kappa shape index (κ2) is 4.86. The van der Waals surface area contributed by atoms with Gasteiger partial charge >= 0.3 is 0 Å². The van der Waals surface area contributed by atoms with Gasteiger partial charge in [0.25, 0.3) is 0 Å². The third kappa shape index (κ3) is 3.06. The van der Waals surface area contributed by atoms with Crippen molar-refractivity contribution in [3.05, 3.63) is 35.0 Å². The first kappa shape index (κ1) is 13.7. The Kier molecular flexibility index (Phi) is 4.15. The van der Waals surface area contributed by atoms with Gasteiger partial charge in [0.1, 0.15) is 0 Å². The summed E-state index contributed by atoms with van der Waals surface area (Å²) in [6.07, 6.45) is 1.97. The van der Waals surface area contributed by atoms with E-state index in [-0.39, 0.29) is 11.1 Å². The fraction of sp³-hybridized carbons (Fsp3) is 0.538. The Bertz CT molecular complexity index is 335. The van der Waals surface area contributed by atoms with E-state index >= 15 is 0 Å². The molecule has 0 aliphatic carbocycles. The highest BCUT2D eigenvalue weighted by molar-refractivity contribution is 7.10. The summed E-state index contributed by atoms with van der Waals surface area (Å²) < 4.78 is 6.33. The molecule has 16 heavy (non-hydrogen) atoms. The van der Waals surface area contributed by atoms with Gasteiger partial charge in [0.15, 0.2) is 8.32 Å². The molecule has 1 nitrogen and oxygen atoms in total. The van der Waals surface area contributed by atoms with E-state index in [1.165, 1.54) is 4.88 Å². The van der Waals surface area contributed by atoms with E-state index in [2.05, 4.69) is 58.0 Å². The lowest BCUT2D eigenvalue weighted by Gasteiger charge is -2.38. The molecule has 0 spiro atoms. The zero-order chi connectivity index (χ0) is 12.4. The smallest absolute Gasteiger partial charge is 0.193 e. The van der Waals surface area contributed by atoms with Crippen LogP contribution in [0.2, 0.25) is 18.1 Å². The normalized spacial score (nSPS) is 14.8. The molecule has 0 aliphatic rings. The SMILES string of the molecule is C=C[C@H](O[Si](C)(C)C(C)(C)C)c1cccs1. The van der Waals surface area contributed by atoms with Crippen LogP contribution in [0.5, 0.6) is 0 Å². The maximum atomic E-state index is 6.33. The highest BCUT2D eigenvalue weighted by atomic mass is 32.1. The molecular formula is C13H22OSSi. The van der Waals surface area contributed by atoms with Crippen LogP contribution >= 0.6 is 11.3 Å². The van der Waals surface area contributed by atoms with Crippen LogP contribution in [0.3, 0.4) is 0 Å². The summed E-state index contributed by atoms with van der Waals surface area (Å²) in [5.74, 6) is 0. The molecule has 1 heterocycles. The third-order valence-electron chi connectivity index (χ3n) is 3.27.